The van der Waals surface area contributed by atoms with Crippen molar-refractivity contribution in [3.63, 3.8) is 0 Å². The number of halogens is 1. The molecule has 3 saturated heterocycles. The summed E-state index contributed by atoms with van der Waals surface area (Å²) in [5.74, 6) is 1.84. The fourth-order valence-corrected chi connectivity index (χ4v) is 5.84. The Morgan fingerprint density at radius 3 is 2.66 bits per heavy atom. The molecule has 0 aromatic carbocycles. The fraction of sp³-hybridized carbons (Fsp3) is 0.577. The van der Waals surface area contributed by atoms with E-state index in [0.717, 1.165) is 39.0 Å². The Labute approximate surface area is 213 Å². The summed E-state index contributed by atoms with van der Waals surface area (Å²) in [6.45, 7) is 6.63. The number of likely N-dealkylation sites (tertiary alicyclic amines) is 1. The lowest BCUT2D eigenvalue weighted by molar-refractivity contribution is -0.132. The zero-order chi connectivity index (χ0) is 23.3. The van der Waals surface area contributed by atoms with Crippen molar-refractivity contribution in [3.8, 4) is 0 Å². The molecule has 0 aliphatic carbocycles. The van der Waals surface area contributed by atoms with Crippen molar-refractivity contribution >= 4 is 24.2 Å². The normalized spacial score (nSPS) is 24.6. The van der Waals surface area contributed by atoms with Gasteiger partial charge in [0.05, 0.1) is 6.26 Å². The van der Waals surface area contributed by atoms with Crippen molar-refractivity contribution < 1.29 is 14.0 Å². The number of piperidine rings is 2. The molecule has 2 unspecified atom stereocenters. The molecular formula is C26H36ClN5O3. The minimum absolute atomic E-state index is 0. The van der Waals surface area contributed by atoms with E-state index in [4.69, 9.17) is 4.42 Å². The molecule has 1 N–H and O–H groups in total. The Balaban J connectivity index is 0.00000289. The summed E-state index contributed by atoms with van der Waals surface area (Å²) in [6, 6.07) is 8.07. The molecule has 2 amide bonds. The average molecular weight is 502 g/mol. The number of piperazine rings is 1. The number of carbonyl (C=O) groups excluding carboxylic acids is 2. The van der Waals surface area contributed by atoms with Crippen LogP contribution in [0.1, 0.15) is 41.8 Å². The largest absolute Gasteiger partial charge is 0.459 e. The predicted molar refractivity (Wildman–Crippen MR) is 135 cm³/mol. The maximum Gasteiger partial charge on any atom is 0.289 e. The van der Waals surface area contributed by atoms with Crippen LogP contribution in [0.2, 0.25) is 0 Å². The van der Waals surface area contributed by atoms with Gasteiger partial charge in [0.25, 0.3) is 5.91 Å². The molecule has 190 valence electrons. The number of nitrogens with one attached hydrogen (secondary N) is 1. The molecule has 35 heavy (non-hydrogen) atoms. The lowest BCUT2D eigenvalue weighted by atomic mass is 9.79. The van der Waals surface area contributed by atoms with Crippen LogP contribution in [-0.2, 0) is 11.3 Å². The molecule has 2 bridgehead atoms. The lowest BCUT2D eigenvalue weighted by Crippen LogP contribution is -2.55. The first-order valence-electron chi connectivity index (χ1n) is 12.6. The first kappa shape index (κ1) is 25.7. The molecule has 9 heteroatoms. The fourth-order valence-electron chi connectivity index (χ4n) is 5.84. The molecular weight excluding hydrogens is 466 g/mol. The third-order valence-corrected chi connectivity index (χ3v) is 7.57. The number of pyridine rings is 1. The van der Waals surface area contributed by atoms with Gasteiger partial charge in [0.15, 0.2) is 5.76 Å². The van der Waals surface area contributed by atoms with E-state index in [0.29, 0.717) is 56.2 Å². The highest BCUT2D eigenvalue weighted by Crippen LogP contribution is 2.31. The maximum absolute atomic E-state index is 12.8. The van der Waals surface area contributed by atoms with Gasteiger partial charge in [0.1, 0.15) is 0 Å². The van der Waals surface area contributed by atoms with E-state index < -0.39 is 0 Å². The highest BCUT2D eigenvalue weighted by atomic mass is 35.5. The first-order chi connectivity index (χ1) is 16.7. The van der Waals surface area contributed by atoms with Gasteiger partial charge >= 0.3 is 0 Å². The Morgan fingerprint density at radius 2 is 1.91 bits per heavy atom. The third-order valence-electron chi connectivity index (χ3n) is 7.57. The first-order valence-corrected chi connectivity index (χ1v) is 12.6. The maximum atomic E-state index is 12.8. The number of furan rings is 1. The second-order valence-electron chi connectivity index (χ2n) is 9.97. The van der Waals surface area contributed by atoms with E-state index in [2.05, 4.69) is 21.3 Å². The van der Waals surface area contributed by atoms with Crippen molar-refractivity contribution in [2.24, 2.45) is 11.8 Å². The van der Waals surface area contributed by atoms with Gasteiger partial charge < -0.3 is 19.5 Å². The van der Waals surface area contributed by atoms with E-state index in [-0.39, 0.29) is 24.2 Å². The van der Waals surface area contributed by atoms with E-state index in [1.54, 1.807) is 17.0 Å². The summed E-state index contributed by atoms with van der Waals surface area (Å²) >= 11 is 0. The van der Waals surface area contributed by atoms with Crippen LogP contribution in [0.5, 0.6) is 0 Å². The zero-order valence-corrected chi connectivity index (χ0v) is 21.0. The second kappa shape index (κ2) is 12.0. The average Bonchev–Trinajstić information content (AvgIpc) is 3.41. The quantitative estimate of drug-likeness (QED) is 0.628. The van der Waals surface area contributed by atoms with Gasteiger partial charge in [-0.25, -0.2) is 0 Å². The van der Waals surface area contributed by atoms with Gasteiger partial charge in [-0.15, -0.1) is 12.4 Å². The molecule has 5 rings (SSSR count). The van der Waals surface area contributed by atoms with Crippen LogP contribution >= 0.6 is 12.4 Å². The van der Waals surface area contributed by atoms with E-state index in [1.165, 1.54) is 18.2 Å². The van der Waals surface area contributed by atoms with Crippen LogP contribution in [0.15, 0.2) is 47.3 Å². The number of nitrogens with zero attached hydrogens (tertiary/aromatic N) is 4. The van der Waals surface area contributed by atoms with Crippen molar-refractivity contribution in [2.75, 3.05) is 45.8 Å². The number of carbonyl (C=O) groups is 2. The van der Waals surface area contributed by atoms with E-state index in [9.17, 15) is 9.59 Å². The highest BCUT2D eigenvalue weighted by molar-refractivity contribution is 5.91. The third kappa shape index (κ3) is 6.42. The van der Waals surface area contributed by atoms with Gasteiger partial charge in [-0.1, -0.05) is 6.07 Å². The summed E-state index contributed by atoms with van der Waals surface area (Å²) in [6.07, 6.45) is 9.14. The Kier molecular flexibility index (Phi) is 8.81. The molecule has 8 nitrogen and oxygen atoms in total. The number of rotatable bonds is 7. The highest BCUT2D eigenvalue weighted by Gasteiger charge is 2.36. The lowest BCUT2D eigenvalue weighted by Gasteiger charge is -2.46. The molecule has 5 heterocycles. The molecule has 2 aromatic heterocycles. The van der Waals surface area contributed by atoms with Crippen LogP contribution in [0, 0.1) is 11.8 Å². The Bertz CT molecular complexity index is 949. The number of hydrogen-bond donors (Lipinski definition) is 1. The molecule has 0 spiro atoms. The molecule has 0 saturated carbocycles. The second-order valence-corrected chi connectivity index (χ2v) is 9.97. The van der Waals surface area contributed by atoms with Crippen molar-refractivity contribution in [1.29, 1.82) is 0 Å². The van der Waals surface area contributed by atoms with Crippen LogP contribution in [-0.4, -0.2) is 83.4 Å². The monoisotopic (exact) mass is 501 g/mol. The number of hydrogen-bond acceptors (Lipinski definition) is 6. The van der Waals surface area contributed by atoms with Gasteiger partial charge in [-0.2, -0.15) is 0 Å². The molecule has 3 aliphatic rings. The van der Waals surface area contributed by atoms with Crippen molar-refractivity contribution in [1.82, 2.24) is 25.0 Å². The van der Waals surface area contributed by atoms with Crippen LogP contribution in [0.4, 0.5) is 0 Å². The minimum Gasteiger partial charge on any atom is -0.459 e. The van der Waals surface area contributed by atoms with Gasteiger partial charge in [-0.05, 0) is 61.4 Å². The Hall–Kier alpha value is -2.42. The zero-order valence-electron chi connectivity index (χ0n) is 20.2. The SMILES string of the molecule is Cl.O=C(CCC[C@H]1NCC2CC1CN(Cc1cccnc1)C2)N1CCN(C(=O)c2ccco2)CC1. The number of aromatic nitrogens is 1. The predicted octanol–water partition coefficient (Wildman–Crippen LogP) is 2.66. The van der Waals surface area contributed by atoms with Crippen molar-refractivity contribution in [3.05, 3.63) is 54.2 Å². The molecule has 3 aliphatic heterocycles. The summed E-state index contributed by atoms with van der Waals surface area (Å²) in [4.78, 5) is 35.7. The van der Waals surface area contributed by atoms with Crippen molar-refractivity contribution in [2.45, 2.75) is 38.3 Å². The standard InChI is InChI=1S/C26H35N5O3.ClH/c32-25(30-9-11-31(12-10-30)26(33)24-6-3-13-34-24)7-1-5-23-22-14-21(16-28-23)18-29(19-22)17-20-4-2-8-27-15-20;/h2-4,6,8,13,15,21-23,28H,1,5,7,9-12,14,16-19H2;1H/t21?,22?,23-;/m1./s1. The van der Waals surface area contributed by atoms with Gasteiger partial charge in [0.2, 0.25) is 5.91 Å². The molecule has 3 fully saturated rings. The van der Waals surface area contributed by atoms with E-state index in [1.807, 2.05) is 23.4 Å². The number of amides is 2. The summed E-state index contributed by atoms with van der Waals surface area (Å²) in [7, 11) is 0. The topological polar surface area (TPSA) is 81.9 Å². The number of fused-ring (bicyclic) bond motifs is 2. The Morgan fingerprint density at radius 1 is 1.09 bits per heavy atom. The molecule has 3 atom stereocenters. The van der Waals surface area contributed by atoms with Crippen LogP contribution in [0.3, 0.4) is 0 Å². The van der Waals surface area contributed by atoms with Crippen LogP contribution in [0.25, 0.3) is 0 Å². The summed E-state index contributed by atoms with van der Waals surface area (Å²) in [5, 5.41) is 3.77. The summed E-state index contributed by atoms with van der Waals surface area (Å²) in [5.41, 5.74) is 1.28. The van der Waals surface area contributed by atoms with Crippen LogP contribution < -0.4 is 5.32 Å². The molecule has 0 radical (unpaired) electrons. The minimum atomic E-state index is -0.0937. The van der Waals surface area contributed by atoms with Gasteiger partial charge in [-0.3, -0.25) is 19.5 Å². The smallest absolute Gasteiger partial charge is 0.289 e. The molecule has 2 aromatic rings. The van der Waals surface area contributed by atoms with Gasteiger partial charge in [0, 0.05) is 70.7 Å². The summed E-state index contributed by atoms with van der Waals surface area (Å²) < 4.78 is 5.21. The van der Waals surface area contributed by atoms with E-state index >= 15 is 0 Å².